The third-order valence-corrected chi connectivity index (χ3v) is 6.87. The fraction of sp³-hybridized carbons (Fsp3) is 0.296. The Hall–Kier alpha value is -2.78. The summed E-state index contributed by atoms with van der Waals surface area (Å²) in [4.78, 5) is 28.3. The predicted octanol–water partition coefficient (Wildman–Crippen LogP) is 8.26. The standard InChI is InChI=1S/C27H27Cl2FN2O4S/c1-4-7-23(36-10-5-2)18-9-6-8-17(24(18)30)22-14-37-27(31-22)32-25(33)16-12-20(28)19(21(29)13-16)11-15(3)26(34)35/h6,8-9,11-14,23H,4-5,7,10H2,1-3H3,(H,34,35)(H,31,32,33). The van der Waals surface area contributed by atoms with Crippen molar-refractivity contribution in [3.8, 4) is 11.3 Å². The van der Waals surface area contributed by atoms with Gasteiger partial charge in [-0.15, -0.1) is 11.3 Å². The maximum Gasteiger partial charge on any atom is 0.331 e. The number of nitrogens with zero attached hydrogens (tertiary/aromatic N) is 1. The molecule has 0 aliphatic heterocycles. The van der Waals surface area contributed by atoms with Gasteiger partial charge in [0.1, 0.15) is 5.82 Å². The van der Waals surface area contributed by atoms with Gasteiger partial charge in [0.2, 0.25) is 0 Å². The van der Waals surface area contributed by atoms with E-state index in [1.54, 1.807) is 23.6 Å². The van der Waals surface area contributed by atoms with Gasteiger partial charge in [-0.1, -0.05) is 55.6 Å². The number of carboxylic acid groups (broad SMARTS) is 1. The fourth-order valence-corrected chi connectivity index (χ4v) is 4.90. The van der Waals surface area contributed by atoms with E-state index in [-0.39, 0.29) is 38.2 Å². The van der Waals surface area contributed by atoms with Crippen molar-refractivity contribution in [2.24, 2.45) is 0 Å². The number of carbonyl (C=O) groups is 2. The number of thiazole rings is 1. The van der Waals surface area contributed by atoms with E-state index < -0.39 is 11.9 Å². The Morgan fingerprint density at radius 3 is 2.54 bits per heavy atom. The van der Waals surface area contributed by atoms with Gasteiger partial charge < -0.3 is 9.84 Å². The van der Waals surface area contributed by atoms with E-state index in [0.29, 0.717) is 35.4 Å². The molecule has 1 aromatic heterocycles. The molecule has 0 aliphatic carbocycles. The van der Waals surface area contributed by atoms with Crippen molar-refractivity contribution in [1.29, 1.82) is 0 Å². The summed E-state index contributed by atoms with van der Waals surface area (Å²) in [7, 11) is 0. The lowest BCUT2D eigenvalue weighted by atomic mass is 10.0. The number of benzene rings is 2. The third kappa shape index (κ3) is 7.17. The lowest BCUT2D eigenvalue weighted by Gasteiger charge is -2.19. The highest BCUT2D eigenvalue weighted by molar-refractivity contribution is 7.14. The van der Waals surface area contributed by atoms with Gasteiger partial charge in [-0.2, -0.15) is 0 Å². The molecule has 1 atom stereocenters. The number of carbonyl (C=O) groups excluding carboxylic acids is 1. The van der Waals surface area contributed by atoms with E-state index in [1.165, 1.54) is 25.1 Å². The summed E-state index contributed by atoms with van der Waals surface area (Å²) in [6.07, 6.45) is 3.40. The predicted molar refractivity (Wildman–Crippen MR) is 147 cm³/mol. The molecule has 0 radical (unpaired) electrons. The number of amides is 1. The van der Waals surface area contributed by atoms with Crippen molar-refractivity contribution in [2.45, 2.75) is 46.1 Å². The smallest absolute Gasteiger partial charge is 0.331 e. The van der Waals surface area contributed by atoms with E-state index in [1.807, 2.05) is 13.8 Å². The van der Waals surface area contributed by atoms with Gasteiger partial charge in [0.15, 0.2) is 5.13 Å². The SMILES string of the molecule is CCCOC(CCC)c1cccc(-c2csc(NC(=O)c3cc(Cl)c(C=C(C)C(=O)O)c(Cl)c3)n2)c1F. The summed E-state index contributed by atoms with van der Waals surface area (Å²) in [6, 6.07) is 7.94. The first kappa shape index (κ1) is 28.8. The summed E-state index contributed by atoms with van der Waals surface area (Å²) >= 11 is 13.7. The zero-order valence-electron chi connectivity index (χ0n) is 20.6. The fourth-order valence-electron chi connectivity index (χ4n) is 3.60. The number of anilines is 1. The maximum atomic E-state index is 15.5. The van der Waals surface area contributed by atoms with Crippen LogP contribution in [0.3, 0.4) is 0 Å². The Labute approximate surface area is 229 Å². The Bertz CT molecular complexity index is 1300. The Kier molecular flexibility index (Phi) is 10.2. The van der Waals surface area contributed by atoms with Crippen LogP contribution in [-0.2, 0) is 9.53 Å². The molecule has 0 aliphatic rings. The average molecular weight is 565 g/mol. The summed E-state index contributed by atoms with van der Waals surface area (Å²) in [6.45, 7) is 6.00. The number of ether oxygens (including phenoxy) is 1. The van der Waals surface area contributed by atoms with Gasteiger partial charge in [0, 0.05) is 39.8 Å². The van der Waals surface area contributed by atoms with E-state index in [9.17, 15) is 9.59 Å². The van der Waals surface area contributed by atoms with Gasteiger partial charge in [-0.3, -0.25) is 10.1 Å². The zero-order chi connectivity index (χ0) is 27.1. The molecule has 196 valence electrons. The number of carboxylic acids is 1. The molecule has 0 saturated heterocycles. The van der Waals surface area contributed by atoms with Crippen LogP contribution in [0.25, 0.3) is 17.3 Å². The Balaban J connectivity index is 1.82. The first-order chi connectivity index (χ1) is 17.7. The highest BCUT2D eigenvalue weighted by atomic mass is 35.5. The highest BCUT2D eigenvalue weighted by Gasteiger charge is 2.21. The van der Waals surface area contributed by atoms with E-state index in [0.717, 1.165) is 24.2 Å². The van der Waals surface area contributed by atoms with E-state index in [4.69, 9.17) is 33.0 Å². The minimum Gasteiger partial charge on any atom is -0.478 e. The number of aromatic nitrogens is 1. The molecule has 1 unspecified atom stereocenters. The van der Waals surface area contributed by atoms with Crippen LogP contribution in [0.5, 0.6) is 0 Å². The van der Waals surface area contributed by atoms with Crippen LogP contribution >= 0.6 is 34.5 Å². The Morgan fingerprint density at radius 1 is 1.22 bits per heavy atom. The van der Waals surface area contributed by atoms with Crippen molar-refractivity contribution in [1.82, 2.24) is 4.98 Å². The molecule has 1 heterocycles. The van der Waals surface area contributed by atoms with Crippen LogP contribution in [0.2, 0.25) is 10.0 Å². The zero-order valence-corrected chi connectivity index (χ0v) is 22.9. The Morgan fingerprint density at radius 2 is 1.92 bits per heavy atom. The molecular formula is C27H27Cl2FN2O4S. The minimum absolute atomic E-state index is 0.0468. The summed E-state index contributed by atoms with van der Waals surface area (Å²) in [5.74, 6) is -2.01. The number of hydrogen-bond donors (Lipinski definition) is 2. The van der Waals surface area contributed by atoms with Crippen LogP contribution in [0.1, 0.15) is 67.6 Å². The van der Waals surface area contributed by atoms with Gasteiger partial charge in [0.05, 0.1) is 21.8 Å². The molecule has 2 aromatic carbocycles. The van der Waals surface area contributed by atoms with Crippen molar-refractivity contribution in [2.75, 3.05) is 11.9 Å². The molecule has 2 N–H and O–H groups in total. The second-order valence-electron chi connectivity index (χ2n) is 8.33. The molecule has 3 rings (SSSR count). The van der Waals surface area contributed by atoms with Crippen molar-refractivity contribution in [3.05, 3.63) is 73.8 Å². The lowest BCUT2D eigenvalue weighted by molar-refractivity contribution is -0.132. The molecule has 3 aromatic rings. The number of halogens is 3. The first-order valence-electron chi connectivity index (χ1n) is 11.7. The molecule has 0 fully saturated rings. The van der Waals surface area contributed by atoms with Crippen molar-refractivity contribution >= 4 is 57.6 Å². The normalized spacial score (nSPS) is 12.4. The second-order valence-corrected chi connectivity index (χ2v) is 10.0. The average Bonchev–Trinajstić information content (AvgIpc) is 3.32. The third-order valence-electron chi connectivity index (χ3n) is 5.49. The van der Waals surface area contributed by atoms with Crippen LogP contribution in [-0.4, -0.2) is 28.6 Å². The van der Waals surface area contributed by atoms with Crippen LogP contribution in [0.15, 0.2) is 41.3 Å². The van der Waals surface area contributed by atoms with Crippen LogP contribution < -0.4 is 5.32 Å². The molecule has 37 heavy (non-hydrogen) atoms. The number of rotatable bonds is 11. The lowest BCUT2D eigenvalue weighted by Crippen LogP contribution is -2.12. The molecule has 0 bridgehead atoms. The van der Waals surface area contributed by atoms with E-state index >= 15 is 4.39 Å². The van der Waals surface area contributed by atoms with Gasteiger partial charge in [-0.05, 0) is 44.0 Å². The monoisotopic (exact) mass is 564 g/mol. The maximum absolute atomic E-state index is 15.5. The number of nitrogens with one attached hydrogen (secondary N) is 1. The molecule has 6 nitrogen and oxygen atoms in total. The topological polar surface area (TPSA) is 88.5 Å². The van der Waals surface area contributed by atoms with Crippen LogP contribution in [0, 0.1) is 5.82 Å². The molecular weight excluding hydrogens is 538 g/mol. The molecule has 1 amide bonds. The minimum atomic E-state index is -1.11. The highest BCUT2D eigenvalue weighted by Crippen LogP contribution is 2.34. The summed E-state index contributed by atoms with van der Waals surface area (Å²) < 4.78 is 21.4. The van der Waals surface area contributed by atoms with Crippen molar-refractivity contribution < 1.29 is 23.8 Å². The molecule has 0 spiro atoms. The summed E-state index contributed by atoms with van der Waals surface area (Å²) in [5.41, 5.74) is 1.72. The van der Waals surface area contributed by atoms with Crippen molar-refractivity contribution in [3.63, 3.8) is 0 Å². The van der Waals surface area contributed by atoms with Gasteiger partial charge >= 0.3 is 5.97 Å². The number of aliphatic carboxylic acids is 1. The van der Waals surface area contributed by atoms with E-state index in [2.05, 4.69) is 10.3 Å². The first-order valence-corrected chi connectivity index (χ1v) is 13.4. The van der Waals surface area contributed by atoms with Gasteiger partial charge in [-0.25, -0.2) is 14.2 Å². The number of hydrogen-bond acceptors (Lipinski definition) is 5. The van der Waals surface area contributed by atoms with Gasteiger partial charge in [0.25, 0.3) is 5.91 Å². The molecule has 0 saturated carbocycles. The largest absolute Gasteiger partial charge is 0.478 e. The second kappa shape index (κ2) is 13.1. The van der Waals surface area contributed by atoms with Crippen LogP contribution in [0.4, 0.5) is 9.52 Å². The molecule has 10 heteroatoms. The summed E-state index contributed by atoms with van der Waals surface area (Å²) in [5, 5.41) is 14.0. The quantitative estimate of drug-likeness (QED) is 0.229.